The fraction of sp³-hybridized carbons (Fsp3) is 0.650. The molecule has 26 heavy (non-hydrogen) atoms. The van der Waals surface area contributed by atoms with Gasteiger partial charge in [-0.3, -0.25) is 0 Å². The van der Waals surface area contributed by atoms with Crippen LogP contribution in [0, 0.1) is 0 Å². The highest BCUT2D eigenvalue weighted by molar-refractivity contribution is 7.80. The van der Waals surface area contributed by atoms with Gasteiger partial charge in [0.2, 0.25) is 0 Å². The van der Waals surface area contributed by atoms with Crippen molar-refractivity contribution in [2.75, 3.05) is 40.0 Å². The first-order valence-corrected chi connectivity index (χ1v) is 10.3. The molecule has 0 bridgehead atoms. The van der Waals surface area contributed by atoms with Crippen LogP contribution in [0.4, 0.5) is 0 Å². The van der Waals surface area contributed by atoms with E-state index in [1.807, 2.05) is 12.1 Å². The third-order valence-electron chi connectivity index (χ3n) is 5.55. The minimum Gasteiger partial charge on any atom is -0.497 e. The van der Waals surface area contributed by atoms with Gasteiger partial charge >= 0.3 is 0 Å². The van der Waals surface area contributed by atoms with Crippen LogP contribution < -0.4 is 20.3 Å². The van der Waals surface area contributed by atoms with Crippen molar-refractivity contribution >= 4 is 17.3 Å². The second-order valence-electron chi connectivity index (χ2n) is 7.29. The summed E-state index contributed by atoms with van der Waals surface area (Å²) in [6.45, 7) is 4.54. The third kappa shape index (κ3) is 5.56. The summed E-state index contributed by atoms with van der Waals surface area (Å²) in [5.74, 6) is 0.895. The summed E-state index contributed by atoms with van der Waals surface area (Å²) >= 11 is 5.57. The van der Waals surface area contributed by atoms with E-state index in [9.17, 15) is 0 Å². The Bertz CT molecular complexity index is 555. The van der Waals surface area contributed by atoms with Crippen LogP contribution in [-0.4, -0.2) is 51.1 Å². The van der Waals surface area contributed by atoms with Crippen LogP contribution in [0.1, 0.15) is 43.7 Å². The third-order valence-corrected chi connectivity index (χ3v) is 5.82. The van der Waals surface area contributed by atoms with E-state index in [4.69, 9.17) is 21.7 Å². The van der Waals surface area contributed by atoms with E-state index in [1.165, 1.54) is 37.7 Å². The smallest absolute Gasteiger partial charge is 0.166 e. The van der Waals surface area contributed by atoms with Gasteiger partial charge in [-0.25, -0.2) is 0 Å². The van der Waals surface area contributed by atoms with Crippen molar-refractivity contribution in [1.82, 2.24) is 10.6 Å². The topological polar surface area (TPSA) is 47.0 Å². The summed E-state index contributed by atoms with van der Waals surface area (Å²) in [6, 6.07) is 9.33. The average molecular weight is 379 g/mol. The molecule has 1 saturated carbocycles. The van der Waals surface area contributed by atoms with Gasteiger partial charge in [0.05, 0.1) is 26.9 Å². The number of benzene rings is 1. The number of rotatable bonds is 6. The number of thiocarbonyl (C=S) groups is 1. The van der Waals surface area contributed by atoms with E-state index in [2.05, 4.69) is 22.8 Å². The largest absolute Gasteiger partial charge is 0.497 e. The zero-order chi connectivity index (χ0) is 18.2. The fourth-order valence-electron chi connectivity index (χ4n) is 3.99. The SMILES string of the molecule is COc1ccc([C@@H](CNC(=S)NC2CCCCC2)[NH+]2CCOCC2)cc1. The summed E-state index contributed by atoms with van der Waals surface area (Å²) in [4.78, 5) is 1.55. The van der Waals surface area contributed by atoms with Gasteiger partial charge in [-0.05, 0) is 49.3 Å². The second kappa shape index (κ2) is 10.1. The van der Waals surface area contributed by atoms with Crippen LogP contribution in [0.15, 0.2) is 24.3 Å². The van der Waals surface area contributed by atoms with Crippen molar-refractivity contribution in [2.45, 2.75) is 44.2 Å². The number of quaternary nitrogens is 1. The first-order chi connectivity index (χ1) is 12.8. The van der Waals surface area contributed by atoms with E-state index in [0.29, 0.717) is 12.1 Å². The number of morpholine rings is 1. The molecule has 1 heterocycles. The molecule has 0 unspecified atom stereocenters. The normalized spacial score (nSPS) is 20.3. The first-order valence-electron chi connectivity index (χ1n) is 9.87. The maximum absolute atomic E-state index is 5.57. The molecule has 0 amide bonds. The Balaban J connectivity index is 1.59. The molecule has 1 aromatic rings. The van der Waals surface area contributed by atoms with E-state index in [-0.39, 0.29) is 0 Å². The molecule has 144 valence electrons. The molecular weight excluding hydrogens is 346 g/mol. The van der Waals surface area contributed by atoms with Crippen molar-refractivity contribution in [3.05, 3.63) is 29.8 Å². The maximum atomic E-state index is 5.57. The van der Waals surface area contributed by atoms with E-state index >= 15 is 0 Å². The first kappa shape index (κ1) is 19.4. The Morgan fingerprint density at radius 3 is 2.54 bits per heavy atom. The molecule has 1 aliphatic carbocycles. The van der Waals surface area contributed by atoms with Crippen LogP contribution in [-0.2, 0) is 4.74 Å². The van der Waals surface area contributed by atoms with Crippen LogP contribution >= 0.6 is 12.2 Å². The standard InChI is InChI=1S/C20H31N3O2S/c1-24-18-9-7-16(8-10-18)19(23-11-13-25-14-12-23)15-21-20(26)22-17-5-3-2-4-6-17/h7-10,17,19H,2-6,11-15H2,1H3,(H2,21,22,26)/p+1/t19-/m1/s1. The summed E-state index contributed by atoms with van der Waals surface area (Å²) in [5, 5.41) is 7.79. The predicted octanol–water partition coefficient (Wildman–Crippen LogP) is 1.45. The number of hydrogen-bond donors (Lipinski definition) is 3. The Labute approximate surface area is 162 Å². The molecule has 1 aliphatic heterocycles. The van der Waals surface area contributed by atoms with Crippen LogP contribution in [0.5, 0.6) is 5.75 Å². The number of methoxy groups -OCH3 is 1. The highest BCUT2D eigenvalue weighted by atomic mass is 32.1. The van der Waals surface area contributed by atoms with Gasteiger partial charge in [-0.2, -0.15) is 0 Å². The molecule has 0 aromatic heterocycles. The quantitative estimate of drug-likeness (QED) is 0.654. The molecular formula is C20H32N3O2S+. The molecule has 5 nitrogen and oxygen atoms in total. The van der Waals surface area contributed by atoms with Gasteiger partial charge in [0.25, 0.3) is 0 Å². The van der Waals surface area contributed by atoms with Crippen LogP contribution in [0.2, 0.25) is 0 Å². The van der Waals surface area contributed by atoms with Crippen molar-refractivity contribution in [1.29, 1.82) is 0 Å². The Kier molecular flexibility index (Phi) is 7.53. The van der Waals surface area contributed by atoms with Crippen LogP contribution in [0.3, 0.4) is 0 Å². The average Bonchev–Trinajstić information content (AvgIpc) is 2.70. The Morgan fingerprint density at radius 2 is 1.88 bits per heavy atom. The van der Waals surface area contributed by atoms with Gasteiger partial charge in [0.1, 0.15) is 24.9 Å². The zero-order valence-electron chi connectivity index (χ0n) is 15.8. The van der Waals surface area contributed by atoms with E-state index < -0.39 is 0 Å². The van der Waals surface area contributed by atoms with E-state index in [0.717, 1.165) is 43.7 Å². The molecule has 2 aliphatic rings. The summed E-state index contributed by atoms with van der Waals surface area (Å²) in [6.07, 6.45) is 6.45. The highest BCUT2D eigenvalue weighted by Gasteiger charge is 2.27. The number of hydrogen-bond acceptors (Lipinski definition) is 3. The lowest BCUT2D eigenvalue weighted by atomic mass is 9.96. The second-order valence-corrected chi connectivity index (χ2v) is 7.69. The summed E-state index contributed by atoms with van der Waals surface area (Å²) in [7, 11) is 1.70. The summed E-state index contributed by atoms with van der Waals surface area (Å²) in [5.41, 5.74) is 1.32. The molecule has 1 saturated heterocycles. The van der Waals surface area contributed by atoms with Gasteiger partial charge in [-0.1, -0.05) is 19.3 Å². The van der Waals surface area contributed by atoms with Gasteiger partial charge in [0.15, 0.2) is 5.11 Å². The molecule has 0 spiro atoms. The zero-order valence-corrected chi connectivity index (χ0v) is 16.6. The molecule has 0 radical (unpaired) electrons. The molecule has 3 rings (SSSR count). The van der Waals surface area contributed by atoms with Crippen molar-refractivity contribution in [2.24, 2.45) is 0 Å². The molecule has 6 heteroatoms. The lowest BCUT2D eigenvalue weighted by Crippen LogP contribution is -3.15. The van der Waals surface area contributed by atoms with Crippen molar-refractivity contribution in [3.8, 4) is 5.75 Å². The number of ether oxygens (including phenoxy) is 2. The lowest BCUT2D eigenvalue weighted by Gasteiger charge is -2.32. The molecule has 1 atom stereocenters. The number of nitrogens with one attached hydrogen (secondary N) is 3. The predicted molar refractivity (Wildman–Crippen MR) is 108 cm³/mol. The maximum Gasteiger partial charge on any atom is 0.166 e. The van der Waals surface area contributed by atoms with Crippen molar-refractivity contribution in [3.63, 3.8) is 0 Å². The lowest BCUT2D eigenvalue weighted by molar-refractivity contribution is -0.937. The molecule has 1 aromatic carbocycles. The molecule has 2 fully saturated rings. The van der Waals surface area contributed by atoms with Gasteiger partial charge in [-0.15, -0.1) is 0 Å². The minimum absolute atomic E-state index is 0.357. The van der Waals surface area contributed by atoms with E-state index in [1.54, 1.807) is 12.0 Å². The Morgan fingerprint density at radius 1 is 1.19 bits per heavy atom. The van der Waals surface area contributed by atoms with Crippen molar-refractivity contribution < 1.29 is 14.4 Å². The molecule has 3 N–H and O–H groups in total. The minimum atomic E-state index is 0.357. The monoisotopic (exact) mass is 378 g/mol. The fourth-order valence-corrected chi connectivity index (χ4v) is 4.24. The van der Waals surface area contributed by atoms with Gasteiger partial charge < -0.3 is 25.0 Å². The van der Waals surface area contributed by atoms with Gasteiger partial charge in [0, 0.05) is 11.6 Å². The van der Waals surface area contributed by atoms with Crippen LogP contribution in [0.25, 0.3) is 0 Å². The summed E-state index contributed by atoms with van der Waals surface area (Å²) < 4.78 is 10.9. The highest BCUT2D eigenvalue weighted by Crippen LogP contribution is 2.18. The Hall–Kier alpha value is -1.37.